The summed E-state index contributed by atoms with van der Waals surface area (Å²) >= 11 is 0. The van der Waals surface area contributed by atoms with Crippen molar-refractivity contribution in [2.24, 2.45) is 4.99 Å². The van der Waals surface area contributed by atoms with Crippen LogP contribution < -0.4 is 9.83 Å². The number of anilines is 1. The summed E-state index contributed by atoms with van der Waals surface area (Å²) in [6.45, 7) is 0. The van der Waals surface area contributed by atoms with E-state index < -0.39 is 15.9 Å². The first-order chi connectivity index (χ1) is 12.4. The fourth-order valence-corrected chi connectivity index (χ4v) is 3.14. The van der Waals surface area contributed by atoms with Crippen molar-refractivity contribution < 1.29 is 13.5 Å². The molecule has 0 fully saturated rings. The molecule has 0 aliphatic rings. The zero-order valence-corrected chi connectivity index (χ0v) is 14.9. The fourth-order valence-electron chi connectivity index (χ4n) is 2.56. The van der Waals surface area contributed by atoms with Crippen LogP contribution in [0.1, 0.15) is 5.56 Å². The molecule has 0 aliphatic carbocycles. The second kappa shape index (κ2) is 7.41. The van der Waals surface area contributed by atoms with E-state index in [4.69, 9.17) is 0 Å². The zero-order chi connectivity index (χ0) is 18.6. The summed E-state index contributed by atoms with van der Waals surface area (Å²) in [4.78, 5) is 4.22. The van der Waals surface area contributed by atoms with Crippen LogP contribution in [0.15, 0.2) is 83.9 Å². The molecule has 0 unspecified atom stereocenters. The minimum Gasteiger partial charge on any atom is -0.858 e. The molecular formula is C20H17N2O3S-. The Morgan fingerprint density at radius 1 is 0.885 bits per heavy atom. The fraction of sp³-hybridized carbons (Fsp3) is 0.0500. The van der Waals surface area contributed by atoms with Crippen LogP contribution in [0.3, 0.4) is 0 Å². The van der Waals surface area contributed by atoms with E-state index in [1.165, 1.54) is 6.07 Å². The molecule has 0 saturated carbocycles. The molecule has 3 rings (SSSR count). The van der Waals surface area contributed by atoms with Crippen molar-refractivity contribution in [2.75, 3.05) is 11.0 Å². The van der Waals surface area contributed by atoms with Gasteiger partial charge in [0, 0.05) is 11.1 Å². The number of rotatable bonds is 5. The van der Waals surface area contributed by atoms with Crippen molar-refractivity contribution in [3.05, 3.63) is 84.4 Å². The summed E-state index contributed by atoms with van der Waals surface area (Å²) in [6, 6.07) is 23.4. The van der Waals surface area contributed by atoms with Crippen molar-refractivity contribution in [1.82, 2.24) is 0 Å². The highest BCUT2D eigenvalue weighted by Crippen LogP contribution is 2.30. The number of sulfonamides is 1. The smallest absolute Gasteiger partial charge is 0.229 e. The average molecular weight is 365 g/mol. The van der Waals surface area contributed by atoms with Crippen molar-refractivity contribution in [2.45, 2.75) is 0 Å². The maximum absolute atomic E-state index is 12.7. The number of benzene rings is 3. The van der Waals surface area contributed by atoms with E-state index in [1.807, 2.05) is 42.5 Å². The number of nitrogens with zero attached hydrogens (tertiary/aromatic N) is 1. The topological polar surface area (TPSA) is 81.6 Å². The van der Waals surface area contributed by atoms with Crippen LogP contribution in [0, 0.1) is 0 Å². The number of hydrogen-bond acceptors (Lipinski definition) is 4. The first-order valence-electron chi connectivity index (χ1n) is 7.91. The minimum atomic E-state index is -3.50. The van der Waals surface area contributed by atoms with Gasteiger partial charge < -0.3 is 5.11 Å². The van der Waals surface area contributed by atoms with E-state index >= 15 is 0 Å². The van der Waals surface area contributed by atoms with Gasteiger partial charge in [-0.2, -0.15) is 0 Å². The molecule has 26 heavy (non-hydrogen) atoms. The molecule has 3 aromatic carbocycles. The third kappa shape index (κ3) is 4.29. The zero-order valence-electron chi connectivity index (χ0n) is 14.1. The molecule has 0 bridgehead atoms. The third-order valence-electron chi connectivity index (χ3n) is 3.66. The largest absolute Gasteiger partial charge is 0.858 e. The Hall–Kier alpha value is -3.12. The standard InChI is InChI=1S/C20H18N2O3S/c1-26(24,25)22-19-14-8-6-12-17(19)20(23)21-18-13-7-5-11-16(18)15-9-3-2-4-10-15/h2-14,22H,1H3,(H,21,23)/p-1. The van der Waals surface area contributed by atoms with E-state index in [1.54, 1.807) is 30.3 Å². The van der Waals surface area contributed by atoms with Gasteiger partial charge in [-0.25, -0.2) is 8.42 Å². The second-order valence-corrected chi connectivity index (χ2v) is 7.47. The first kappa shape index (κ1) is 17.7. The van der Waals surface area contributed by atoms with Gasteiger partial charge in [0.15, 0.2) is 0 Å². The number of nitrogens with one attached hydrogen (secondary N) is 1. The van der Waals surface area contributed by atoms with Crippen LogP contribution in [0.4, 0.5) is 11.4 Å². The number of hydrogen-bond donors (Lipinski definition) is 1. The maximum atomic E-state index is 12.7. The monoisotopic (exact) mass is 365 g/mol. The molecule has 6 heteroatoms. The van der Waals surface area contributed by atoms with Gasteiger partial charge in [-0.1, -0.05) is 66.7 Å². The molecule has 0 saturated heterocycles. The van der Waals surface area contributed by atoms with E-state index in [9.17, 15) is 13.5 Å². The molecular weight excluding hydrogens is 348 g/mol. The van der Waals surface area contributed by atoms with Gasteiger partial charge in [-0.05, 0) is 23.6 Å². The Balaban J connectivity index is 2.05. The quantitative estimate of drug-likeness (QED) is 0.557. The van der Waals surface area contributed by atoms with Gasteiger partial charge in [-0.3, -0.25) is 9.71 Å². The summed E-state index contributed by atoms with van der Waals surface area (Å²) in [5.41, 5.74) is 2.71. The normalized spacial score (nSPS) is 12.0. The Morgan fingerprint density at radius 3 is 2.23 bits per heavy atom. The van der Waals surface area contributed by atoms with Gasteiger partial charge in [-0.15, -0.1) is 0 Å². The summed E-state index contributed by atoms with van der Waals surface area (Å²) in [7, 11) is -3.50. The van der Waals surface area contributed by atoms with E-state index in [2.05, 4.69) is 9.71 Å². The van der Waals surface area contributed by atoms with E-state index in [0.29, 0.717) is 5.69 Å². The van der Waals surface area contributed by atoms with Gasteiger partial charge in [0.05, 0.1) is 17.6 Å². The Morgan fingerprint density at radius 2 is 1.50 bits per heavy atom. The highest BCUT2D eigenvalue weighted by molar-refractivity contribution is 7.92. The Bertz CT molecular complexity index is 1050. The van der Waals surface area contributed by atoms with E-state index in [0.717, 1.165) is 17.4 Å². The van der Waals surface area contributed by atoms with Crippen LogP contribution in [0.25, 0.3) is 11.1 Å². The SMILES string of the molecule is CS(=O)(=O)Nc1ccccc1C([O-])=Nc1ccccc1-c1ccccc1. The molecule has 3 aromatic rings. The van der Waals surface area contributed by atoms with Crippen LogP contribution in [0.5, 0.6) is 0 Å². The lowest BCUT2D eigenvalue weighted by Crippen LogP contribution is -2.21. The van der Waals surface area contributed by atoms with Crippen molar-refractivity contribution in [1.29, 1.82) is 0 Å². The molecule has 0 atom stereocenters. The van der Waals surface area contributed by atoms with Crippen LogP contribution in [-0.2, 0) is 10.0 Å². The molecule has 0 spiro atoms. The molecule has 0 radical (unpaired) electrons. The predicted octanol–water partition coefficient (Wildman–Crippen LogP) is 3.16. The summed E-state index contributed by atoms with van der Waals surface area (Å²) in [5, 5.41) is 12.7. The minimum absolute atomic E-state index is 0.195. The summed E-state index contributed by atoms with van der Waals surface area (Å²) in [6.07, 6.45) is 1.04. The van der Waals surface area contributed by atoms with Crippen LogP contribution in [-0.4, -0.2) is 20.6 Å². The number of aliphatic imine (C=N–C) groups is 1. The average Bonchev–Trinajstić information content (AvgIpc) is 2.62. The second-order valence-electron chi connectivity index (χ2n) is 5.72. The molecule has 5 nitrogen and oxygen atoms in total. The van der Waals surface area contributed by atoms with E-state index in [-0.39, 0.29) is 11.3 Å². The Kier molecular flexibility index (Phi) is 5.04. The molecule has 0 heterocycles. The molecule has 0 aromatic heterocycles. The van der Waals surface area contributed by atoms with Gasteiger partial charge in [0.1, 0.15) is 0 Å². The Labute approximate surface area is 152 Å². The van der Waals surface area contributed by atoms with Crippen molar-refractivity contribution in [3.63, 3.8) is 0 Å². The highest BCUT2D eigenvalue weighted by Gasteiger charge is 2.08. The van der Waals surface area contributed by atoms with Gasteiger partial charge in [0.2, 0.25) is 10.0 Å². The van der Waals surface area contributed by atoms with Gasteiger partial charge >= 0.3 is 0 Å². The third-order valence-corrected chi connectivity index (χ3v) is 4.25. The number of para-hydroxylation sites is 2. The van der Waals surface area contributed by atoms with Gasteiger partial charge in [0.25, 0.3) is 0 Å². The van der Waals surface area contributed by atoms with Crippen molar-refractivity contribution in [3.8, 4) is 11.1 Å². The van der Waals surface area contributed by atoms with Crippen LogP contribution in [0.2, 0.25) is 0 Å². The lowest BCUT2D eigenvalue weighted by molar-refractivity contribution is -0.212. The molecule has 1 N–H and O–H groups in total. The van der Waals surface area contributed by atoms with Crippen molar-refractivity contribution >= 4 is 27.3 Å². The molecule has 132 valence electrons. The first-order valence-corrected chi connectivity index (χ1v) is 9.80. The lowest BCUT2D eigenvalue weighted by atomic mass is 10.0. The molecule has 0 amide bonds. The highest BCUT2D eigenvalue weighted by atomic mass is 32.2. The van der Waals surface area contributed by atoms with Crippen LogP contribution >= 0.6 is 0 Å². The summed E-state index contributed by atoms with van der Waals surface area (Å²) in [5.74, 6) is -0.514. The lowest BCUT2D eigenvalue weighted by Gasteiger charge is -2.17. The molecule has 0 aliphatic heterocycles. The summed E-state index contributed by atoms with van der Waals surface area (Å²) < 4.78 is 25.4. The maximum Gasteiger partial charge on any atom is 0.229 e. The predicted molar refractivity (Wildman–Crippen MR) is 103 cm³/mol.